The second-order valence-corrected chi connectivity index (χ2v) is 7.98. The van der Waals surface area contributed by atoms with E-state index in [2.05, 4.69) is 65.6 Å². The minimum absolute atomic E-state index is 0.310. The zero-order chi connectivity index (χ0) is 19.2. The SMILES string of the molecule is O=C(CCCCCN1CC=C(c2ccccc2)CC1)N1Cc2ccccc2C1. The first-order valence-electron chi connectivity index (χ1n) is 10.6. The van der Waals surface area contributed by atoms with Crippen molar-refractivity contribution in [1.82, 2.24) is 9.80 Å². The Kier molecular flexibility index (Phi) is 6.23. The van der Waals surface area contributed by atoms with E-state index in [0.717, 1.165) is 52.0 Å². The normalized spacial score (nSPS) is 16.7. The monoisotopic (exact) mass is 374 g/mol. The Bertz CT molecular complexity index is 802. The fourth-order valence-electron chi connectivity index (χ4n) is 4.28. The van der Waals surface area contributed by atoms with E-state index in [-0.39, 0.29) is 0 Å². The number of nitrogens with zero attached hydrogens (tertiary/aromatic N) is 2. The minimum atomic E-state index is 0.310. The second kappa shape index (κ2) is 9.20. The van der Waals surface area contributed by atoms with Crippen LogP contribution < -0.4 is 0 Å². The molecule has 0 spiro atoms. The highest BCUT2D eigenvalue weighted by Gasteiger charge is 2.22. The van der Waals surface area contributed by atoms with Gasteiger partial charge in [-0.3, -0.25) is 9.69 Å². The molecule has 0 radical (unpaired) electrons. The third kappa shape index (κ3) is 4.71. The lowest BCUT2D eigenvalue weighted by molar-refractivity contribution is -0.131. The molecule has 146 valence electrons. The molecule has 0 N–H and O–H groups in total. The van der Waals surface area contributed by atoms with Gasteiger partial charge in [-0.25, -0.2) is 0 Å². The Morgan fingerprint density at radius 2 is 1.57 bits per heavy atom. The van der Waals surface area contributed by atoms with E-state index in [1.54, 1.807) is 0 Å². The van der Waals surface area contributed by atoms with Crippen LogP contribution in [-0.2, 0) is 17.9 Å². The van der Waals surface area contributed by atoms with Crippen molar-refractivity contribution in [3.05, 3.63) is 77.4 Å². The van der Waals surface area contributed by atoms with Crippen LogP contribution in [0.25, 0.3) is 5.57 Å². The van der Waals surface area contributed by atoms with Gasteiger partial charge in [0.1, 0.15) is 0 Å². The molecule has 0 fully saturated rings. The quantitative estimate of drug-likeness (QED) is 0.645. The van der Waals surface area contributed by atoms with Crippen LogP contribution in [0.2, 0.25) is 0 Å². The maximum absolute atomic E-state index is 12.5. The molecular weight excluding hydrogens is 344 g/mol. The van der Waals surface area contributed by atoms with Crippen LogP contribution in [0.5, 0.6) is 0 Å². The summed E-state index contributed by atoms with van der Waals surface area (Å²) >= 11 is 0. The summed E-state index contributed by atoms with van der Waals surface area (Å²) in [6.07, 6.45) is 7.53. The first-order chi connectivity index (χ1) is 13.8. The molecule has 0 unspecified atom stereocenters. The fraction of sp³-hybridized carbons (Fsp3) is 0.400. The predicted octanol–water partition coefficient (Wildman–Crippen LogP) is 4.88. The van der Waals surface area contributed by atoms with Gasteiger partial charge in [-0.2, -0.15) is 0 Å². The molecule has 0 atom stereocenters. The van der Waals surface area contributed by atoms with Crippen molar-refractivity contribution in [1.29, 1.82) is 0 Å². The van der Waals surface area contributed by atoms with Crippen molar-refractivity contribution >= 4 is 11.5 Å². The van der Waals surface area contributed by atoms with Gasteiger partial charge in [0.25, 0.3) is 0 Å². The number of carbonyl (C=O) groups excluding carboxylic acids is 1. The first kappa shape index (κ1) is 18.9. The van der Waals surface area contributed by atoms with Crippen molar-refractivity contribution in [3.8, 4) is 0 Å². The highest BCUT2D eigenvalue weighted by Crippen LogP contribution is 2.24. The summed E-state index contributed by atoms with van der Waals surface area (Å²) in [6.45, 7) is 4.92. The van der Waals surface area contributed by atoms with Crippen LogP contribution in [0.15, 0.2) is 60.7 Å². The van der Waals surface area contributed by atoms with Crippen LogP contribution in [0.1, 0.15) is 48.8 Å². The first-order valence-corrected chi connectivity index (χ1v) is 10.6. The molecule has 2 aromatic rings. The number of unbranched alkanes of at least 4 members (excludes halogenated alkanes) is 2. The largest absolute Gasteiger partial charge is 0.334 e. The van der Waals surface area contributed by atoms with Crippen molar-refractivity contribution in [2.24, 2.45) is 0 Å². The van der Waals surface area contributed by atoms with Gasteiger partial charge < -0.3 is 4.90 Å². The van der Waals surface area contributed by atoms with E-state index in [9.17, 15) is 4.79 Å². The zero-order valence-electron chi connectivity index (χ0n) is 16.6. The van der Waals surface area contributed by atoms with E-state index < -0.39 is 0 Å². The Labute approximate surface area is 168 Å². The number of hydrogen-bond donors (Lipinski definition) is 0. The van der Waals surface area contributed by atoms with Gasteiger partial charge in [-0.05, 0) is 48.1 Å². The molecule has 2 aromatic carbocycles. The average Bonchev–Trinajstić information content (AvgIpc) is 3.19. The molecule has 1 amide bonds. The molecule has 0 aromatic heterocycles. The van der Waals surface area contributed by atoms with E-state index in [1.165, 1.54) is 28.7 Å². The Hall–Kier alpha value is -2.39. The lowest BCUT2D eigenvalue weighted by Crippen LogP contribution is -2.29. The number of fused-ring (bicyclic) bond motifs is 1. The number of rotatable bonds is 7. The van der Waals surface area contributed by atoms with Crippen LogP contribution in [0.3, 0.4) is 0 Å². The van der Waals surface area contributed by atoms with Crippen molar-refractivity contribution in [3.63, 3.8) is 0 Å². The summed E-state index contributed by atoms with van der Waals surface area (Å²) in [6, 6.07) is 19.1. The molecule has 0 aliphatic carbocycles. The molecule has 3 heteroatoms. The van der Waals surface area contributed by atoms with Gasteiger partial charge in [-0.15, -0.1) is 0 Å². The summed E-state index contributed by atoms with van der Waals surface area (Å²) in [5.74, 6) is 0.310. The van der Waals surface area contributed by atoms with Gasteiger partial charge in [0.2, 0.25) is 5.91 Å². The maximum atomic E-state index is 12.5. The zero-order valence-corrected chi connectivity index (χ0v) is 16.6. The van der Waals surface area contributed by atoms with Crippen LogP contribution in [0.4, 0.5) is 0 Å². The van der Waals surface area contributed by atoms with Gasteiger partial charge in [0.05, 0.1) is 0 Å². The second-order valence-electron chi connectivity index (χ2n) is 7.98. The Morgan fingerprint density at radius 1 is 0.857 bits per heavy atom. The summed E-state index contributed by atoms with van der Waals surface area (Å²) in [4.78, 5) is 17.0. The summed E-state index contributed by atoms with van der Waals surface area (Å²) in [7, 11) is 0. The maximum Gasteiger partial charge on any atom is 0.223 e. The van der Waals surface area contributed by atoms with Gasteiger partial charge in [-0.1, -0.05) is 67.1 Å². The smallest absolute Gasteiger partial charge is 0.223 e. The molecule has 28 heavy (non-hydrogen) atoms. The van der Waals surface area contributed by atoms with Crippen molar-refractivity contribution < 1.29 is 4.79 Å². The number of hydrogen-bond acceptors (Lipinski definition) is 2. The average molecular weight is 375 g/mol. The number of carbonyl (C=O) groups is 1. The molecule has 2 heterocycles. The molecule has 3 nitrogen and oxygen atoms in total. The standard InChI is InChI=1S/C25H30N2O/c28-25(27-19-23-11-6-7-12-24(23)20-27)13-5-2-8-16-26-17-14-22(15-18-26)21-9-3-1-4-10-21/h1,3-4,6-7,9-12,14H,2,5,8,13,15-20H2. The van der Waals surface area contributed by atoms with Crippen LogP contribution in [-0.4, -0.2) is 35.3 Å². The van der Waals surface area contributed by atoms with Crippen molar-refractivity contribution in [2.75, 3.05) is 19.6 Å². The number of benzene rings is 2. The van der Waals surface area contributed by atoms with Gasteiger partial charge in [0, 0.05) is 32.6 Å². The molecule has 0 saturated heterocycles. The van der Waals surface area contributed by atoms with Crippen LogP contribution >= 0.6 is 0 Å². The Morgan fingerprint density at radius 3 is 2.25 bits per heavy atom. The summed E-state index contributed by atoms with van der Waals surface area (Å²) in [5, 5.41) is 0. The lowest BCUT2D eigenvalue weighted by Gasteiger charge is -2.26. The number of amides is 1. The van der Waals surface area contributed by atoms with E-state index in [4.69, 9.17) is 0 Å². The molecule has 0 bridgehead atoms. The highest BCUT2D eigenvalue weighted by atomic mass is 16.2. The predicted molar refractivity (Wildman–Crippen MR) is 115 cm³/mol. The molecular formula is C25H30N2O. The third-order valence-electron chi connectivity index (χ3n) is 6.00. The Balaban J connectivity index is 1.12. The van der Waals surface area contributed by atoms with Crippen molar-refractivity contribution in [2.45, 2.75) is 45.2 Å². The lowest BCUT2D eigenvalue weighted by atomic mass is 9.99. The van der Waals surface area contributed by atoms with Gasteiger partial charge in [0.15, 0.2) is 0 Å². The van der Waals surface area contributed by atoms with Gasteiger partial charge >= 0.3 is 0 Å². The minimum Gasteiger partial charge on any atom is -0.334 e. The molecule has 2 aliphatic heterocycles. The van der Waals surface area contributed by atoms with E-state index in [0.29, 0.717) is 12.3 Å². The van der Waals surface area contributed by atoms with Crippen LogP contribution in [0, 0.1) is 0 Å². The molecule has 2 aliphatic rings. The molecule has 0 saturated carbocycles. The topological polar surface area (TPSA) is 23.6 Å². The van der Waals surface area contributed by atoms with E-state index in [1.807, 2.05) is 4.90 Å². The molecule has 4 rings (SSSR count). The van der Waals surface area contributed by atoms with E-state index >= 15 is 0 Å². The summed E-state index contributed by atoms with van der Waals surface area (Å²) < 4.78 is 0. The summed E-state index contributed by atoms with van der Waals surface area (Å²) in [5.41, 5.74) is 5.46. The fourth-order valence-corrected chi connectivity index (χ4v) is 4.28. The third-order valence-corrected chi connectivity index (χ3v) is 6.00. The highest BCUT2D eigenvalue weighted by molar-refractivity contribution is 5.76.